The molecular weight excluding hydrogens is 498 g/mol. The molecule has 1 aliphatic heterocycles. The molecule has 9 nitrogen and oxygen atoms in total. The molecule has 2 N–H and O–H groups in total. The predicted octanol–water partition coefficient (Wildman–Crippen LogP) is 4.92. The van der Waals surface area contributed by atoms with Crippen molar-refractivity contribution < 1.29 is 28.3 Å². The Hall–Kier alpha value is -5.05. The molecule has 3 aromatic carbocycles. The van der Waals surface area contributed by atoms with Gasteiger partial charge in [0.25, 0.3) is 5.91 Å². The van der Waals surface area contributed by atoms with Crippen molar-refractivity contribution in [1.29, 1.82) is 0 Å². The van der Waals surface area contributed by atoms with Crippen molar-refractivity contribution in [1.82, 2.24) is 10.2 Å². The smallest absolute Gasteiger partial charge is 0.411 e. The minimum Gasteiger partial charge on any atom is -0.497 e. The van der Waals surface area contributed by atoms with Crippen LogP contribution >= 0.6 is 0 Å². The maximum absolute atomic E-state index is 13.5. The van der Waals surface area contributed by atoms with Crippen LogP contribution in [0.1, 0.15) is 33.3 Å². The number of cyclic esters (lactones) is 1. The van der Waals surface area contributed by atoms with Crippen LogP contribution in [0.5, 0.6) is 5.75 Å². The number of hydrogen-bond acceptors (Lipinski definition) is 6. The third kappa shape index (κ3) is 5.93. The molecular formula is C30H27N3O6. The molecule has 0 radical (unpaired) electrons. The van der Waals surface area contributed by atoms with Gasteiger partial charge in [0.15, 0.2) is 12.1 Å². The van der Waals surface area contributed by atoms with Crippen molar-refractivity contribution in [3.8, 4) is 5.75 Å². The summed E-state index contributed by atoms with van der Waals surface area (Å²) in [6.07, 6.45) is 0.0267. The van der Waals surface area contributed by atoms with Gasteiger partial charge < -0.3 is 24.5 Å². The second kappa shape index (κ2) is 11.6. The van der Waals surface area contributed by atoms with Crippen molar-refractivity contribution in [2.45, 2.75) is 25.2 Å². The maximum atomic E-state index is 13.5. The first-order valence-electron chi connectivity index (χ1n) is 12.4. The Bertz CT molecular complexity index is 1450. The summed E-state index contributed by atoms with van der Waals surface area (Å²) in [4.78, 5) is 40.8. The van der Waals surface area contributed by atoms with E-state index in [1.807, 2.05) is 30.3 Å². The van der Waals surface area contributed by atoms with Crippen LogP contribution < -0.4 is 15.4 Å². The molecule has 5 rings (SSSR count). The van der Waals surface area contributed by atoms with Crippen molar-refractivity contribution in [3.05, 3.63) is 120 Å². The van der Waals surface area contributed by atoms with Crippen molar-refractivity contribution in [2.24, 2.45) is 0 Å². The molecule has 0 aliphatic carbocycles. The number of nitrogens with one attached hydrogen (secondary N) is 2. The summed E-state index contributed by atoms with van der Waals surface area (Å²) in [5.74, 6) is 0.440. The van der Waals surface area contributed by atoms with E-state index >= 15 is 0 Å². The fraction of sp³-hybridized carbons (Fsp3) is 0.167. The van der Waals surface area contributed by atoms with E-state index in [9.17, 15) is 14.4 Å². The number of hydrogen-bond donors (Lipinski definition) is 2. The monoisotopic (exact) mass is 525 g/mol. The quantitative estimate of drug-likeness (QED) is 0.321. The summed E-state index contributed by atoms with van der Waals surface area (Å²) in [6, 6.07) is 25.7. The summed E-state index contributed by atoms with van der Waals surface area (Å²) in [5, 5.41) is 5.72. The lowest BCUT2D eigenvalue weighted by molar-refractivity contribution is -0.126. The van der Waals surface area contributed by atoms with Crippen molar-refractivity contribution >= 4 is 23.6 Å². The molecule has 39 heavy (non-hydrogen) atoms. The Kier molecular flexibility index (Phi) is 7.58. The predicted molar refractivity (Wildman–Crippen MR) is 143 cm³/mol. The highest BCUT2D eigenvalue weighted by atomic mass is 16.6. The van der Waals surface area contributed by atoms with Gasteiger partial charge in [-0.15, -0.1) is 0 Å². The highest BCUT2D eigenvalue weighted by molar-refractivity contribution is 6.04. The number of carbonyl (C=O) groups excluding carboxylic acids is 3. The lowest BCUT2D eigenvalue weighted by atomic mass is 10.00. The topological polar surface area (TPSA) is 110 Å². The van der Waals surface area contributed by atoms with Crippen LogP contribution in [0.25, 0.3) is 0 Å². The Balaban J connectivity index is 1.39. The largest absolute Gasteiger partial charge is 0.497 e. The van der Waals surface area contributed by atoms with Crippen LogP contribution in [0.15, 0.2) is 102 Å². The summed E-state index contributed by atoms with van der Waals surface area (Å²) >= 11 is 0. The number of carbonyl (C=O) groups is 3. The summed E-state index contributed by atoms with van der Waals surface area (Å²) < 4.78 is 16.3. The van der Waals surface area contributed by atoms with Crippen LogP contribution in [0, 0.1) is 0 Å². The molecule has 1 saturated heterocycles. The number of benzene rings is 3. The zero-order valence-electron chi connectivity index (χ0n) is 21.2. The lowest BCUT2D eigenvalue weighted by Gasteiger charge is -2.24. The van der Waals surface area contributed by atoms with E-state index in [4.69, 9.17) is 13.9 Å². The van der Waals surface area contributed by atoms with Crippen LogP contribution in [0.4, 0.5) is 10.5 Å². The van der Waals surface area contributed by atoms with Crippen molar-refractivity contribution in [2.75, 3.05) is 12.4 Å². The Labute approximate surface area is 225 Å². The van der Waals surface area contributed by atoms with E-state index < -0.39 is 18.2 Å². The standard InChI is InChI=1S/C30H27N3O6/c1-37-24-13-6-11-22(17-24)28(34)32-23-12-5-10-21(16-23)27-26(29(35)31-18-25-14-7-15-38-25)33(30(36)39-27)19-20-8-3-2-4-9-20/h2-17,26-27H,18-19H2,1H3,(H,31,35)(H,32,34). The van der Waals surface area contributed by atoms with Gasteiger partial charge in [0.1, 0.15) is 11.5 Å². The van der Waals surface area contributed by atoms with E-state index in [1.165, 1.54) is 18.3 Å². The van der Waals surface area contributed by atoms with Gasteiger partial charge in [-0.1, -0.05) is 48.5 Å². The first-order chi connectivity index (χ1) is 19.0. The molecule has 1 aromatic heterocycles. The normalized spacial score (nSPS) is 16.4. The minimum absolute atomic E-state index is 0.166. The minimum atomic E-state index is -0.947. The zero-order valence-corrected chi connectivity index (χ0v) is 21.2. The third-order valence-electron chi connectivity index (χ3n) is 6.37. The van der Waals surface area contributed by atoms with E-state index in [2.05, 4.69) is 10.6 Å². The highest BCUT2D eigenvalue weighted by Crippen LogP contribution is 2.35. The number of methoxy groups -OCH3 is 1. The molecule has 1 aliphatic rings. The van der Waals surface area contributed by atoms with E-state index in [0.717, 1.165) is 5.56 Å². The summed E-state index contributed by atoms with van der Waals surface area (Å²) in [6.45, 7) is 0.361. The number of ether oxygens (including phenoxy) is 2. The zero-order chi connectivity index (χ0) is 27.2. The molecule has 2 atom stereocenters. The van der Waals surface area contributed by atoms with Crippen LogP contribution in [0.3, 0.4) is 0 Å². The second-order valence-corrected chi connectivity index (χ2v) is 8.97. The first kappa shape index (κ1) is 25.6. The van der Waals surface area contributed by atoms with E-state index in [-0.39, 0.29) is 24.9 Å². The van der Waals surface area contributed by atoms with Crippen LogP contribution in [0.2, 0.25) is 0 Å². The van der Waals surface area contributed by atoms with Gasteiger partial charge >= 0.3 is 6.09 Å². The first-order valence-corrected chi connectivity index (χ1v) is 12.4. The van der Waals surface area contributed by atoms with Gasteiger partial charge in [-0.2, -0.15) is 0 Å². The molecule has 1 fully saturated rings. The van der Waals surface area contributed by atoms with Gasteiger partial charge in [-0.25, -0.2) is 4.79 Å². The molecule has 2 heterocycles. The number of amides is 3. The molecule has 0 spiro atoms. The molecule has 2 unspecified atom stereocenters. The highest BCUT2D eigenvalue weighted by Gasteiger charge is 2.47. The third-order valence-corrected chi connectivity index (χ3v) is 6.37. The average molecular weight is 526 g/mol. The molecule has 3 amide bonds. The molecule has 0 saturated carbocycles. The van der Waals surface area contributed by atoms with E-state index in [1.54, 1.807) is 60.7 Å². The SMILES string of the molecule is COc1cccc(C(=O)Nc2cccc(C3OC(=O)N(Cc4ccccc4)C3C(=O)NCc3ccco3)c2)c1. The Morgan fingerprint density at radius 3 is 2.54 bits per heavy atom. The number of anilines is 1. The summed E-state index contributed by atoms with van der Waals surface area (Å²) in [5.41, 5.74) is 2.35. The van der Waals surface area contributed by atoms with Crippen LogP contribution in [-0.2, 0) is 22.6 Å². The molecule has 9 heteroatoms. The van der Waals surface area contributed by atoms with Gasteiger partial charge in [0, 0.05) is 11.3 Å². The lowest BCUT2D eigenvalue weighted by Crippen LogP contribution is -2.46. The van der Waals surface area contributed by atoms with Gasteiger partial charge in [-0.3, -0.25) is 14.5 Å². The fourth-order valence-corrected chi connectivity index (χ4v) is 4.44. The number of nitrogens with zero attached hydrogens (tertiary/aromatic N) is 1. The van der Waals surface area contributed by atoms with Crippen molar-refractivity contribution in [3.63, 3.8) is 0 Å². The Morgan fingerprint density at radius 2 is 1.77 bits per heavy atom. The van der Waals surface area contributed by atoms with Gasteiger partial charge in [0.05, 0.1) is 26.5 Å². The van der Waals surface area contributed by atoms with Gasteiger partial charge in [0.2, 0.25) is 5.91 Å². The summed E-state index contributed by atoms with van der Waals surface area (Å²) in [7, 11) is 1.53. The number of rotatable bonds is 9. The number of furan rings is 1. The van der Waals surface area contributed by atoms with Gasteiger partial charge in [-0.05, 0) is 53.6 Å². The van der Waals surface area contributed by atoms with Crippen LogP contribution in [-0.4, -0.2) is 36.0 Å². The average Bonchev–Trinajstić information content (AvgIpc) is 3.60. The molecule has 0 bridgehead atoms. The molecule has 198 valence electrons. The molecule has 4 aromatic rings. The maximum Gasteiger partial charge on any atom is 0.411 e. The second-order valence-electron chi connectivity index (χ2n) is 8.97. The fourth-order valence-electron chi connectivity index (χ4n) is 4.44. The van der Waals surface area contributed by atoms with E-state index in [0.29, 0.717) is 28.3 Å². The Morgan fingerprint density at radius 1 is 0.949 bits per heavy atom.